The fourth-order valence-electron chi connectivity index (χ4n) is 2.33. The van der Waals surface area contributed by atoms with Crippen molar-refractivity contribution in [2.75, 3.05) is 6.54 Å². The highest BCUT2D eigenvalue weighted by Gasteiger charge is 2.27. The molecule has 1 aromatic carbocycles. The smallest absolute Gasteiger partial charge is 0.335 e. The number of piperidine rings is 1. The summed E-state index contributed by atoms with van der Waals surface area (Å²) >= 11 is 0. The van der Waals surface area contributed by atoms with E-state index in [1.807, 2.05) is 6.07 Å². The first-order valence-electron chi connectivity index (χ1n) is 5.87. The lowest BCUT2D eigenvalue weighted by Gasteiger charge is -2.28. The monoisotopic (exact) mass is 249 g/mol. The van der Waals surface area contributed by atoms with Crippen LogP contribution in [0.4, 0.5) is 0 Å². The summed E-state index contributed by atoms with van der Waals surface area (Å²) in [6.07, 6.45) is 1.32. The largest absolute Gasteiger partial charge is 0.480 e. The van der Waals surface area contributed by atoms with E-state index in [-0.39, 0.29) is 11.5 Å². The Morgan fingerprint density at radius 3 is 2.72 bits per heavy atom. The molecule has 0 aliphatic carbocycles. The van der Waals surface area contributed by atoms with Gasteiger partial charge in [0.05, 0.1) is 5.56 Å². The second-order valence-corrected chi connectivity index (χ2v) is 4.50. The van der Waals surface area contributed by atoms with Gasteiger partial charge in [-0.2, -0.15) is 0 Å². The molecule has 0 saturated carbocycles. The first-order chi connectivity index (χ1) is 8.58. The minimum Gasteiger partial charge on any atom is -0.480 e. The third-order valence-electron chi connectivity index (χ3n) is 3.31. The summed E-state index contributed by atoms with van der Waals surface area (Å²) in [5.74, 6) is -1.71. The van der Waals surface area contributed by atoms with E-state index in [0.29, 0.717) is 13.0 Å². The van der Waals surface area contributed by atoms with E-state index < -0.39 is 18.0 Å². The topological polar surface area (TPSA) is 86.6 Å². The van der Waals surface area contributed by atoms with Crippen molar-refractivity contribution in [3.05, 3.63) is 35.4 Å². The number of nitrogens with one attached hydrogen (secondary N) is 1. The SMILES string of the molecule is O=C(O)c1cccc(C2CCNC(C(=O)O)C2)c1. The molecule has 1 aromatic rings. The van der Waals surface area contributed by atoms with E-state index in [9.17, 15) is 9.59 Å². The van der Waals surface area contributed by atoms with E-state index in [1.165, 1.54) is 0 Å². The van der Waals surface area contributed by atoms with E-state index in [4.69, 9.17) is 10.2 Å². The molecule has 0 spiro atoms. The minimum atomic E-state index is -0.958. The maximum atomic E-state index is 10.9. The van der Waals surface area contributed by atoms with Gasteiger partial charge in [0.15, 0.2) is 0 Å². The molecule has 1 heterocycles. The number of rotatable bonds is 3. The highest BCUT2D eigenvalue weighted by molar-refractivity contribution is 5.87. The van der Waals surface area contributed by atoms with Crippen LogP contribution in [0.3, 0.4) is 0 Å². The highest BCUT2D eigenvalue weighted by atomic mass is 16.4. The maximum absolute atomic E-state index is 10.9. The van der Waals surface area contributed by atoms with Gasteiger partial charge in [-0.05, 0) is 43.0 Å². The van der Waals surface area contributed by atoms with Crippen LogP contribution in [0.25, 0.3) is 0 Å². The lowest BCUT2D eigenvalue weighted by atomic mass is 9.86. The summed E-state index contributed by atoms with van der Waals surface area (Å²) in [7, 11) is 0. The zero-order valence-corrected chi connectivity index (χ0v) is 9.80. The summed E-state index contributed by atoms with van der Waals surface area (Å²) in [5, 5.41) is 20.9. The summed E-state index contributed by atoms with van der Waals surface area (Å²) in [4.78, 5) is 21.9. The second-order valence-electron chi connectivity index (χ2n) is 4.50. The van der Waals surface area contributed by atoms with E-state index in [1.54, 1.807) is 18.2 Å². The number of aliphatic carboxylic acids is 1. The molecule has 18 heavy (non-hydrogen) atoms. The number of hydrogen-bond acceptors (Lipinski definition) is 3. The zero-order valence-electron chi connectivity index (χ0n) is 9.80. The molecule has 0 radical (unpaired) electrons. The van der Waals surface area contributed by atoms with Crippen LogP contribution < -0.4 is 5.32 Å². The zero-order chi connectivity index (χ0) is 13.1. The van der Waals surface area contributed by atoms with Crippen LogP contribution in [0.5, 0.6) is 0 Å². The molecule has 2 atom stereocenters. The van der Waals surface area contributed by atoms with Gasteiger partial charge >= 0.3 is 11.9 Å². The Kier molecular flexibility index (Phi) is 3.62. The Hall–Kier alpha value is -1.88. The molecule has 1 aliphatic rings. The number of carbonyl (C=O) groups is 2. The van der Waals surface area contributed by atoms with Gasteiger partial charge in [-0.25, -0.2) is 4.79 Å². The average Bonchev–Trinajstić information content (AvgIpc) is 2.39. The Labute approximate surface area is 104 Å². The van der Waals surface area contributed by atoms with Crippen LogP contribution >= 0.6 is 0 Å². The molecule has 0 bridgehead atoms. The minimum absolute atomic E-state index is 0.103. The van der Waals surface area contributed by atoms with Gasteiger partial charge in [0.2, 0.25) is 0 Å². The first-order valence-corrected chi connectivity index (χ1v) is 5.87. The van der Waals surface area contributed by atoms with Crippen molar-refractivity contribution in [2.45, 2.75) is 24.8 Å². The van der Waals surface area contributed by atoms with Crippen molar-refractivity contribution < 1.29 is 19.8 Å². The van der Waals surface area contributed by atoms with Crippen LogP contribution in [-0.2, 0) is 4.79 Å². The molecule has 5 heteroatoms. The van der Waals surface area contributed by atoms with Gasteiger partial charge in [0.1, 0.15) is 6.04 Å². The third kappa shape index (κ3) is 2.68. The van der Waals surface area contributed by atoms with Crippen molar-refractivity contribution in [2.24, 2.45) is 0 Å². The van der Waals surface area contributed by atoms with Crippen molar-refractivity contribution >= 4 is 11.9 Å². The molecule has 5 nitrogen and oxygen atoms in total. The molecular formula is C13H15NO4. The number of carboxylic acid groups (broad SMARTS) is 2. The van der Waals surface area contributed by atoms with Crippen molar-refractivity contribution in [3.63, 3.8) is 0 Å². The Morgan fingerprint density at radius 2 is 2.06 bits per heavy atom. The number of benzene rings is 1. The summed E-state index contributed by atoms with van der Waals surface area (Å²) < 4.78 is 0. The quantitative estimate of drug-likeness (QED) is 0.751. The molecular weight excluding hydrogens is 234 g/mol. The molecule has 1 fully saturated rings. The van der Waals surface area contributed by atoms with Crippen LogP contribution in [0.1, 0.15) is 34.7 Å². The van der Waals surface area contributed by atoms with Gasteiger partial charge in [0, 0.05) is 0 Å². The van der Waals surface area contributed by atoms with Gasteiger partial charge in [-0.15, -0.1) is 0 Å². The third-order valence-corrected chi connectivity index (χ3v) is 3.31. The second kappa shape index (κ2) is 5.18. The maximum Gasteiger partial charge on any atom is 0.335 e. The van der Waals surface area contributed by atoms with E-state index in [2.05, 4.69) is 5.32 Å². The number of hydrogen-bond donors (Lipinski definition) is 3. The standard InChI is InChI=1S/C13H15NO4/c15-12(16)10-3-1-2-8(6-10)9-4-5-14-11(7-9)13(17)18/h1-3,6,9,11,14H,4-5,7H2,(H,15,16)(H,17,18). The average molecular weight is 249 g/mol. The summed E-state index contributed by atoms with van der Waals surface area (Å²) in [5.41, 5.74) is 1.15. The van der Waals surface area contributed by atoms with Crippen molar-refractivity contribution in [1.29, 1.82) is 0 Å². The molecule has 96 valence electrons. The Morgan fingerprint density at radius 1 is 1.28 bits per heavy atom. The fraction of sp³-hybridized carbons (Fsp3) is 0.385. The molecule has 0 amide bonds. The fourth-order valence-corrected chi connectivity index (χ4v) is 2.33. The predicted octanol–water partition coefficient (Wildman–Crippen LogP) is 1.30. The molecule has 0 aromatic heterocycles. The lowest BCUT2D eigenvalue weighted by Crippen LogP contribution is -2.42. The summed E-state index contributed by atoms with van der Waals surface area (Å²) in [6, 6.07) is 6.20. The van der Waals surface area contributed by atoms with Crippen LogP contribution in [0.2, 0.25) is 0 Å². The first kappa shape index (κ1) is 12.6. The molecule has 1 saturated heterocycles. The summed E-state index contributed by atoms with van der Waals surface area (Å²) in [6.45, 7) is 0.638. The van der Waals surface area contributed by atoms with Crippen LogP contribution in [0, 0.1) is 0 Å². The van der Waals surface area contributed by atoms with Gasteiger partial charge in [-0.3, -0.25) is 4.79 Å². The van der Waals surface area contributed by atoms with Gasteiger partial charge < -0.3 is 15.5 Å². The van der Waals surface area contributed by atoms with E-state index >= 15 is 0 Å². The lowest BCUT2D eigenvalue weighted by molar-refractivity contribution is -0.140. The van der Waals surface area contributed by atoms with Crippen LogP contribution in [0.15, 0.2) is 24.3 Å². The Balaban J connectivity index is 2.18. The Bertz CT molecular complexity index is 472. The molecule has 2 unspecified atom stereocenters. The van der Waals surface area contributed by atoms with Gasteiger partial charge in [0.25, 0.3) is 0 Å². The number of aromatic carboxylic acids is 1. The van der Waals surface area contributed by atoms with Crippen molar-refractivity contribution in [1.82, 2.24) is 5.32 Å². The van der Waals surface area contributed by atoms with Crippen LogP contribution in [-0.4, -0.2) is 34.7 Å². The molecule has 1 aliphatic heterocycles. The van der Waals surface area contributed by atoms with E-state index in [0.717, 1.165) is 12.0 Å². The van der Waals surface area contributed by atoms with Crippen molar-refractivity contribution in [3.8, 4) is 0 Å². The molecule has 2 rings (SSSR count). The highest BCUT2D eigenvalue weighted by Crippen LogP contribution is 2.28. The number of carboxylic acids is 2. The normalized spacial score (nSPS) is 23.6. The predicted molar refractivity (Wildman–Crippen MR) is 64.8 cm³/mol. The molecule has 3 N–H and O–H groups in total. The van der Waals surface area contributed by atoms with Gasteiger partial charge in [-0.1, -0.05) is 12.1 Å².